The molecule has 3 nitrogen and oxygen atoms in total. The van der Waals surface area contributed by atoms with Crippen LogP contribution in [-0.4, -0.2) is 26.0 Å². The van der Waals surface area contributed by atoms with E-state index in [1.165, 1.54) is 0 Å². The molecule has 0 aliphatic rings. The van der Waals surface area contributed by atoms with Crippen molar-refractivity contribution in [1.82, 2.24) is 0 Å². The summed E-state index contributed by atoms with van der Waals surface area (Å²) in [5, 5.41) is 0. The van der Waals surface area contributed by atoms with E-state index in [9.17, 15) is 4.79 Å². The molecule has 0 bridgehead atoms. The number of likely N-dealkylation sites (N-methyl/N-ethyl adjacent to an activating group) is 1. The van der Waals surface area contributed by atoms with Crippen LogP contribution in [0.2, 0.25) is 0 Å². The van der Waals surface area contributed by atoms with Gasteiger partial charge in [0.25, 0.3) is 0 Å². The first-order valence-corrected chi connectivity index (χ1v) is 5.49. The normalized spacial score (nSPS) is 12.0. The van der Waals surface area contributed by atoms with Crippen molar-refractivity contribution in [2.24, 2.45) is 0 Å². The second-order valence-corrected chi connectivity index (χ2v) is 3.81. The van der Waals surface area contributed by atoms with E-state index in [2.05, 4.69) is 0 Å². The molecular weight excluding hydrogens is 202 g/mol. The minimum Gasteiger partial charge on any atom is -0.497 e. The van der Waals surface area contributed by atoms with Gasteiger partial charge in [-0.2, -0.15) is 0 Å². The molecule has 0 aliphatic heterocycles. The van der Waals surface area contributed by atoms with E-state index >= 15 is 0 Å². The third kappa shape index (κ3) is 2.75. The minimum absolute atomic E-state index is 0.0999. The van der Waals surface area contributed by atoms with Crippen molar-refractivity contribution in [2.75, 3.05) is 19.1 Å². The molecule has 0 N–H and O–H groups in total. The summed E-state index contributed by atoms with van der Waals surface area (Å²) in [7, 11) is 3.56. The summed E-state index contributed by atoms with van der Waals surface area (Å²) in [5.41, 5.74) is 0.994. The summed E-state index contributed by atoms with van der Waals surface area (Å²) in [4.78, 5) is 13.6. The smallest absolute Gasteiger partial charge is 0.154 e. The van der Waals surface area contributed by atoms with Gasteiger partial charge in [-0.3, -0.25) is 4.79 Å². The SMILES string of the molecule is CCC(=O)C(C)N(C)c1cccc(OC)c1. The molecule has 0 radical (unpaired) electrons. The van der Waals surface area contributed by atoms with Crippen molar-refractivity contribution >= 4 is 11.5 Å². The van der Waals surface area contributed by atoms with Gasteiger partial charge in [0.05, 0.1) is 13.2 Å². The standard InChI is InChI=1S/C13H19NO2/c1-5-13(15)10(2)14(3)11-7-6-8-12(9-11)16-4/h6-10H,5H2,1-4H3. The summed E-state index contributed by atoms with van der Waals surface area (Å²) >= 11 is 0. The Balaban J connectivity index is 2.86. The van der Waals surface area contributed by atoms with Crippen molar-refractivity contribution < 1.29 is 9.53 Å². The number of ether oxygens (including phenoxy) is 1. The monoisotopic (exact) mass is 221 g/mol. The molecule has 0 fully saturated rings. The van der Waals surface area contributed by atoms with E-state index in [1.807, 2.05) is 50.1 Å². The largest absolute Gasteiger partial charge is 0.497 e. The van der Waals surface area contributed by atoms with E-state index < -0.39 is 0 Å². The minimum atomic E-state index is -0.0999. The molecular formula is C13H19NO2. The van der Waals surface area contributed by atoms with Gasteiger partial charge in [-0.15, -0.1) is 0 Å². The molecule has 0 heterocycles. The molecule has 1 aromatic carbocycles. The first kappa shape index (κ1) is 12.6. The second-order valence-electron chi connectivity index (χ2n) is 3.81. The van der Waals surface area contributed by atoms with Crippen LogP contribution in [0, 0.1) is 0 Å². The number of methoxy groups -OCH3 is 1. The maximum Gasteiger partial charge on any atom is 0.154 e. The first-order valence-electron chi connectivity index (χ1n) is 5.49. The number of nitrogens with zero attached hydrogens (tertiary/aromatic N) is 1. The van der Waals surface area contributed by atoms with Gasteiger partial charge in [0.1, 0.15) is 5.75 Å². The highest BCUT2D eigenvalue weighted by atomic mass is 16.5. The summed E-state index contributed by atoms with van der Waals surface area (Å²) < 4.78 is 5.16. The maximum atomic E-state index is 11.6. The van der Waals surface area contributed by atoms with Gasteiger partial charge in [-0.05, 0) is 19.1 Å². The fraction of sp³-hybridized carbons (Fsp3) is 0.462. The van der Waals surface area contributed by atoms with Gasteiger partial charge in [0.2, 0.25) is 0 Å². The Morgan fingerprint density at radius 3 is 2.75 bits per heavy atom. The van der Waals surface area contributed by atoms with Gasteiger partial charge >= 0.3 is 0 Å². The summed E-state index contributed by atoms with van der Waals surface area (Å²) in [6.07, 6.45) is 0.565. The number of benzene rings is 1. The van der Waals surface area contributed by atoms with E-state index in [4.69, 9.17) is 4.74 Å². The number of hydrogen-bond donors (Lipinski definition) is 0. The fourth-order valence-corrected chi connectivity index (χ4v) is 1.56. The molecule has 1 aromatic rings. The first-order chi connectivity index (χ1) is 7.60. The van der Waals surface area contributed by atoms with Gasteiger partial charge in [-0.1, -0.05) is 13.0 Å². The van der Waals surface area contributed by atoms with Crippen LogP contribution >= 0.6 is 0 Å². The summed E-state index contributed by atoms with van der Waals surface area (Å²) in [6.45, 7) is 3.81. The average Bonchev–Trinajstić information content (AvgIpc) is 2.36. The lowest BCUT2D eigenvalue weighted by atomic mass is 10.1. The number of anilines is 1. The Morgan fingerprint density at radius 1 is 1.50 bits per heavy atom. The van der Waals surface area contributed by atoms with Gasteiger partial charge in [-0.25, -0.2) is 0 Å². The van der Waals surface area contributed by atoms with E-state index in [1.54, 1.807) is 7.11 Å². The quantitative estimate of drug-likeness (QED) is 0.765. The molecule has 0 amide bonds. The van der Waals surface area contributed by atoms with Crippen LogP contribution in [0.5, 0.6) is 5.75 Å². The topological polar surface area (TPSA) is 29.5 Å². The van der Waals surface area contributed by atoms with Gasteiger partial charge in [0, 0.05) is 25.2 Å². The maximum absolute atomic E-state index is 11.6. The van der Waals surface area contributed by atoms with Crippen LogP contribution in [0.15, 0.2) is 24.3 Å². The van der Waals surface area contributed by atoms with E-state index in [-0.39, 0.29) is 11.8 Å². The number of hydrogen-bond acceptors (Lipinski definition) is 3. The van der Waals surface area contributed by atoms with E-state index in [0.717, 1.165) is 11.4 Å². The zero-order valence-corrected chi connectivity index (χ0v) is 10.4. The molecule has 1 atom stereocenters. The second kappa shape index (κ2) is 5.54. The fourth-order valence-electron chi connectivity index (χ4n) is 1.56. The third-order valence-electron chi connectivity index (χ3n) is 2.86. The van der Waals surface area contributed by atoms with Crippen molar-refractivity contribution in [1.29, 1.82) is 0 Å². The molecule has 0 saturated carbocycles. The molecule has 0 aliphatic carbocycles. The lowest BCUT2D eigenvalue weighted by molar-refractivity contribution is -0.119. The Morgan fingerprint density at radius 2 is 2.19 bits per heavy atom. The lowest BCUT2D eigenvalue weighted by Gasteiger charge is -2.25. The Labute approximate surface area is 97.0 Å². The lowest BCUT2D eigenvalue weighted by Crippen LogP contribution is -2.35. The molecule has 1 unspecified atom stereocenters. The highest BCUT2D eigenvalue weighted by molar-refractivity contribution is 5.86. The van der Waals surface area contributed by atoms with E-state index in [0.29, 0.717) is 6.42 Å². The van der Waals surface area contributed by atoms with Gasteiger partial charge in [0.15, 0.2) is 5.78 Å². The van der Waals surface area contributed by atoms with Crippen LogP contribution in [-0.2, 0) is 4.79 Å². The summed E-state index contributed by atoms with van der Waals surface area (Å²) in [6, 6.07) is 7.62. The predicted molar refractivity (Wildman–Crippen MR) is 66.2 cm³/mol. The molecule has 16 heavy (non-hydrogen) atoms. The van der Waals surface area contributed by atoms with Crippen LogP contribution < -0.4 is 9.64 Å². The van der Waals surface area contributed by atoms with Crippen LogP contribution in [0.1, 0.15) is 20.3 Å². The number of Topliss-reactive ketones (excluding diaryl/α,β-unsaturated/α-hetero) is 1. The predicted octanol–water partition coefficient (Wildman–Crippen LogP) is 2.50. The summed E-state index contributed by atoms with van der Waals surface area (Å²) in [5.74, 6) is 1.05. The zero-order valence-electron chi connectivity index (χ0n) is 10.4. The Kier molecular flexibility index (Phi) is 4.35. The molecule has 1 rings (SSSR count). The van der Waals surface area contributed by atoms with Crippen molar-refractivity contribution in [2.45, 2.75) is 26.3 Å². The van der Waals surface area contributed by atoms with Crippen LogP contribution in [0.25, 0.3) is 0 Å². The molecule has 3 heteroatoms. The van der Waals surface area contributed by atoms with Crippen LogP contribution in [0.4, 0.5) is 5.69 Å². The van der Waals surface area contributed by atoms with Gasteiger partial charge < -0.3 is 9.64 Å². The average molecular weight is 221 g/mol. The number of carbonyl (C=O) groups is 1. The van der Waals surface area contributed by atoms with Crippen LogP contribution in [0.3, 0.4) is 0 Å². The number of carbonyl (C=O) groups excluding carboxylic acids is 1. The highest BCUT2D eigenvalue weighted by Crippen LogP contribution is 2.21. The third-order valence-corrected chi connectivity index (χ3v) is 2.86. The molecule has 0 spiro atoms. The van der Waals surface area contributed by atoms with Crippen molar-refractivity contribution in [3.8, 4) is 5.75 Å². The molecule has 0 saturated heterocycles. The van der Waals surface area contributed by atoms with Crippen molar-refractivity contribution in [3.63, 3.8) is 0 Å². The molecule has 88 valence electrons. The number of rotatable bonds is 5. The zero-order chi connectivity index (χ0) is 12.1. The highest BCUT2D eigenvalue weighted by Gasteiger charge is 2.16. The Hall–Kier alpha value is -1.51. The Bertz CT molecular complexity index is 363. The molecule has 0 aromatic heterocycles. The number of ketones is 1. The van der Waals surface area contributed by atoms with Crippen molar-refractivity contribution in [3.05, 3.63) is 24.3 Å².